The fraction of sp³-hybridized carbons (Fsp3) is 0.300. The molecule has 132 valence electrons. The molecule has 2 aromatic carbocycles. The zero-order valence-electron chi connectivity index (χ0n) is 14.8. The van der Waals surface area contributed by atoms with E-state index in [0.717, 1.165) is 24.1 Å². The van der Waals surface area contributed by atoms with E-state index in [1.54, 1.807) is 12.1 Å². The van der Waals surface area contributed by atoms with Crippen LogP contribution in [0.1, 0.15) is 34.8 Å². The molecule has 0 amide bonds. The van der Waals surface area contributed by atoms with Crippen LogP contribution in [0.4, 0.5) is 5.69 Å². The van der Waals surface area contributed by atoms with Gasteiger partial charge in [-0.15, -0.1) is 0 Å². The van der Waals surface area contributed by atoms with Crippen molar-refractivity contribution < 1.29 is 9.53 Å². The fourth-order valence-electron chi connectivity index (χ4n) is 2.48. The van der Waals surface area contributed by atoms with Crippen molar-refractivity contribution in [1.29, 1.82) is 0 Å². The van der Waals surface area contributed by atoms with Crippen LogP contribution in [-0.4, -0.2) is 24.2 Å². The number of rotatable bonds is 6. The minimum atomic E-state index is -0.363. The van der Waals surface area contributed by atoms with E-state index in [1.165, 1.54) is 12.7 Å². The van der Waals surface area contributed by atoms with Gasteiger partial charge in [-0.25, -0.2) is 4.79 Å². The lowest BCUT2D eigenvalue weighted by molar-refractivity contribution is 0.0601. The summed E-state index contributed by atoms with van der Waals surface area (Å²) in [6.07, 6.45) is 1.97. The summed E-state index contributed by atoms with van der Waals surface area (Å²) in [5, 5.41) is 7.01. The van der Waals surface area contributed by atoms with E-state index in [4.69, 9.17) is 17.0 Å². The van der Waals surface area contributed by atoms with E-state index in [1.807, 2.05) is 19.1 Å². The standard InChI is InChI=1S/C20H24N2O2S/c1-14-9-12-17(19(23)24-3)13-18(14)22-20(25)21-15(2)10-11-16-7-5-4-6-8-16/h4-9,12-13,15H,10-11H2,1-3H3,(H2,21,22,25)/t15-/m0/s1. The molecule has 0 unspecified atom stereocenters. The highest BCUT2D eigenvalue weighted by Gasteiger charge is 2.10. The molecule has 0 radical (unpaired) electrons. The molecular formula is C20H24N2O2S. The molecule has 2 aromatic rings. The average Bonchev–Trinajstić information content (AvgIpc) is 2.62. The molecular weight excluding hydrogens is 332 g/mol. The molecule has 25 heavy (non-hydrogen) atoms. The number of carbonyl (C=O) groups excluding carboxylic acids is 1. The van der Waals surface area contributed by atoms with Crippen LogP contribution in [0.25, 0.3) is 0 Å². The van der Waals surface area contributed by atoms with Crippen LogP contribution in [0, 0.1) is 6.92 Å². The van der Waals surface area contributed by atoms with Gasteiger partial charge in [-0.05, 0) is 62.2 Å². The van der Waals surface area contributed by atoms with E-state index in [-0.39, 0.29) is 12.0 Å². The van der Waals surface area contributed by atoms with Crippen molar-refractivity contribution in [1.82, 2.24) is 5.32 Å². The first-order chi connectivity index (χ1) is 12.0. The Bertz CT molecular complexity index is 732. The van der Waals surface area contributed by atoms with Crippen LogP contribution in [0.15, 0.2) is 48.5 Å². The summed E-state index contributed by atoms with van der Waals surface area (Å²) in [5.74, 6) is -0.363. The van der Waals surface area contributed by atoms with Gasteiger partial charge in [0.05, 0.1) is 12.7 Å². The van der Waals surface area contributed by atoms with E-state index in [2.05, 4.69) is 41.8 Å². The smallest absolute Gasteiger partial charge is 0.337 e. The number of ether oxygens (including phenoxy) is 1. The van der Waals surface area contributed by atoms with Crippen LogP contribution in [-0.2, 0) is 11.2 Å². The summed E-state index contributed by atoms with van der Waals surface area (Å²) in [6, 6.07) is 16.0. The highest BCUT2D eigenvalue weighted by Crippen LogP contribution is 2.17. The van der Waals surface area contributed by atoms with Crippen LogP contribution in [0.2, 0.25) is 0 Å². The van der Waals surface area contributed by atoms with Gasteiger partial charge in [-0.2, -0.15) is 0 Å². The summed E-state index contributed by atoms with van der Waals surface area (Å²) in [4.78, 5) is 11.7. The highest BCUT2D eigenvalue weighted by molar-refractivity contribution is 7.80. The Morgan fingerprint density at radius 2 is 1.92 bits per heavy atom. The molecule has 0 fully saturated rings. The Morgan fingerprint density at radius 3 is 2.60 bits per heavy atom. The van der Waals surface area contributed by atoms with Gasteiger partial charge < -0.3 is 15.4 Å². The molecule has 1 atom stereocenters. The minimum absolute atomic E-state index is 0.240. The SMILES string of the molecule is COC(=O)c1ccc(C)c(NC(=S)N[C@@H](C)CCc2ccccc2)c1. The van der Waals surface area contributed by atoms with Gasteiger partial charge in [0.2, 0.25) is 0 Å². The van der Waals surface area contributed by atoms with Gasteiger partial charge in [0.1, 0.15) is 0 Å². The monoisotopic (exact) mass is 356 g/mol. The zero-order chi connectivity index (χ0) is 18.2. The molecule has 0 aliphatic heterocycles. The van der Waals surface area contributed by atoms with Crippen molar-refractivity contribution in [2.45, 2.75) is 32.7 Å². The van der Waals surface area contributed by atoms with Gasteiger partial charge in [0.25, 0.3) is 0 Å². The van der Waals surface area contributed by atoms with Crippen molar-refractivity contribution in [2.75, 3.05) is 12.4 Å². The molecule has 4 nitrogen and oxygen atoms in total. The topological polar surface area (TPSA) is 50.4 Å². The third-order valence-electron chi connectivity index (χ3n) is 3.99. The molecule has 0 aliphatic rings. The molecule has 0 aliphatic carbocycles. The second kappa shape index (κ2) is 9.18. The third kappa shape index (κ3) is 5.87. The molecule has 0 saturated heterocycles. The number of anilines is 1. The lowest BCUT2D eigenvalue weighted by Crippen LogP contribution is -2.36. The number of thiocarbonyl (C=S) groups is 1. The lowest BCUT2D eigenvalue weighted by atomic mass is 10.1. The van der Waals surface area contributed by atoms with E-state index in [0.29, 0.717) is 10.7 Å². The Morgan fingerprint density at radius 1 is 1.20 bits per heavy atom. The van der Waals surface area contributed by atoms with Crippen molar-refractivity contribution >= 4 is 29.0 Å². The minimum Gasteiger partial charge on any atom is -0.465 e. The van der Waals surface area contributed by atoms with E-state index in [9.17, 15) is 4.79 Å². The molecule has 2 rings (SSSR count). The number of methoxy groups -OCH3 is 1. The molecule has 0 aromatic heterocycles. The quantitative estimate of drug-likeness (QED) is 0.603. The number of benzene rings is 2. The number of hydrogen-bond donors (Lipinski definition) is 2. The Kier molecular flexibility index (Phi) is 6.95. The summed E-state index contributed by atoms with van der Waals surface area (Å²) >= 11 is 5.40. The van der Waals surface area contributed by atoms with E-state index < -0.39 is 0 Å². The molecule has 0 heterocycles. The molecule has 0 saturated carbocycles. The number of carbonyl (C=O) groups is 1. The first-order valence-corrected chi connectivity index (χ1v) is 8.71. The zero-order valence-corrected chi connectivity index (χ0v) is 15.7. The predicted molar refractivity (Wildman–Crippen MR) is 106 cm³/mol. The van der Waals surface area contributed by atoms with Crippen LogP contribution in [0.5, 0.6) is 0 Å². The Labute approximate surface area is 154 Å². The van der Waals surface area contributed by atoms with Gasteiger partial charge >= 0.3 is 5.97 Å². The van der Waals surface area contributed by atoms with Crippen LogP contribution >= 0.6 is 12.2 Å². The average molecular weight is 356 g/mol. The fourth-order valence-corrected chi connectivity index (χ4v) is 2.79. The van der Waals surface area contributed by atoms with Crippen molar-refractivity contribution in [3.8, 4) is 0 Å². The van der Waals surface area contributed by atoms with E-state index >= 15 is 0 Å². The molecule has 2 N–H and O–H groups in total. The highest BCUT2D eigenvalue weighted by atomic mass is 32.1. The van der Waals surface area contributed by atoms with Gasteiger partial charge in [-0.3, -0.25) is 0 Å². The molecule has 0 bridgehead atoms. The van der Waals surface area contributed by atoms with Gasteiger partial charge in [-0.1, -0.05) is 36.4 Å². The normalized spacial score (nSPS) is 11.5. The summed E-state index contributed by atoms with van der Waals surface area (Å²) < 4.78 is 4.76. The van der Waals surface area contributed by atoms with Gasteiger partial charge in [0, 0.05) is 11.7 Å². The summed E-state index contributed by atoms with van der Waals surface area (Å²) in [5.41, 5.74) is 3.62. The third-order valence-corrected chi connectivity index (χ3v) is 4.21. The number of esters is 1. The molecule has 0 spiro atoms. The Hall–Kier alpha value is -2.40. The second-order valence-corrected chi connectivity index (χ2v) is 6.45. The second-order valence-electron chi connectivity index (χ2n) is 6.05. The lowest BCUT2D eigenvalue weighted by Gasteiger charge is -2.18. The number of hydrogen-bond acceptors (Lipinski definition) is 3. The molecule has 5 heteroatoms. The summed E-state index contributed by atoms with van der Waals surface area (Å²) in [6.45, 7) is 4.07. The van der Waals surface area contributed by atoms with Crippen LogP contribution in [0.3, 0.4) is 0 Å². The maximum absolute atomic E-state index is 11.7. The summed E-state index contributed by atoms with van der Waals surface area (Å²) in [7, 11) is 1.37. The maximum atomic E-state index is 11.7. The van der Waals surface area contributed by atoms with Gasteiger partial charge in [0.15, 0.2) is 5.11 Å². The Balaban J connectivity index is 1.90. The predicted octanol–water partition coefficient (Wildman–Crippen LogP) is 4.09. The maximum Gasteiger partial charge on any atom is 0.337 e. The number of nitrogens with one attached hydrogen (secondary N) is 2. The van der Waals surface area contributed by atoms with Crippen LogP contribution < -0.4 is 10.6 Å². The van der Waals surface area contributed by atoms with Crippen molar-refractivity contribution in [3.05, 3.63) is 65.2 Å². The number of aryl methyl sites for hydroxylation is 2. The van der Waals surface area contributed by atoms with Crippen molar-refractivity contribution in [3.63, 3.8) is 0 Å². The first kappa shape index (κ1) is 18.9. The van der Waals surface area contributed by atoms with Crippen molar-refractivity contribution in [2.24, 2.45) is 0 Å². The largest absolute Gasteiger partial charge is 0.465 e. The first-order valence-electron chi connectivity index (χ1n) is 8.30.